The Balaban J connectivity index is 0.000000292. The summed E-state index contributed by atoms with van der Waals surface area (Å²) < 4.78 is 2.40. The number of benzene rings is 1. The molecular formula is C21H29NPtSi+. The normalized spacial score (nSPS) is 20.4. The Hall–Kier alpha value is -0.955. The Kier molecular flexibility index (Phi) is 6.80. The van der Waals surface area contributed by atoms with Gasteiger partial charge in [-0.25, -0.2) is 0 Å². The molecule has 0 spiro atoms. The molecule has 0 amide bonds. The van der Waals surface area contributed by atoms with Crippen molar-refractivity contribution in [3.8, 4) is 0 Å². The van der Waals surface area contributed by atoms with Crippen molar-refractivity contribution in [2.45, 2.75) is 20.3 Å². The molecule has 0 fully saturated rings. The Morgan fingerprint density at radius 2 is 1.79 bits per heavy atom. The fraction of sp³-hybridized carbons (Fsp3) is 0.333. The molecule has 1 atom stereocenters. The summed E-state index contributed by atoms with van der Waals surface area (Å²) in [7, 11) is 6.52. The second kappa shape index (κ2) is 8.42. The molecular weight excluding hydrogens is 489 g/mol. The van der Waals surface area contributed by atoms with Crippen LogP contribution in [0.15, 0.2) is 75.1 Å². The van der Waals surface area contributed by atoms with Gasteiger partial charge in [0.1, 0.15) is 5.70 Å². The monoisotopic (exact) mass is 518 g/mol. The molecule has 1 aromatic carbocycles. The summed E-state index contributed by atoms with van der Waals surface area (Å²) in [5.41, 5.74) is 3.13. The van der Waals surface area contributed by atoms with E-state index in [0.29, 0.717) is 5.92 Å². The fourth-order valence-corrected chi connectivity index (χ4v) is 6.26. The van der Waals surface area contributed by atoms with Crippen LogP contribution in [0.25, 0.3) is 0 Å². The van der Waals surface area contributed by atoms with Crippen LogP contribution in [-0.2, 0) is 19.8 Å². The van der Waals surface area contributed by atoms with Gasteiger partial charge in [-0.05, 0) is 24.6 Å². The Labute approximate surface area is 161 Å². The minimum atomic E-state index is -0.346. The van der Waals surface area contributed by atoms with Crippen molar-refractivity contribution < 1.29 is 24.3 Å². The number of hydrogen-bond donors (Lipinski definition) is 0. The van der Waals surface area contributed by atoms with Crippen molar-refractivity contribution in [3.63, 3.8) is 0 Å². The molecule has 0 N–H and O–H groups in total. The number of quaternary nitrogens is 1. The molecule has 2 aliphatic rings. The van der Waals surface area contributed by atoms with Crippen LogP contribution < -0.4 is 5.19 Å². The van der Waals surface area contributed by atoms with Gasteiger partial charge in [0.05, 0.1) is 30.7 Å². The number of hydrogen-bond acceptors (Lipinski definition) is 0. The SMILES string of the molecule is CC1=CC(C)C([N+](C)(C)C)=C1[SiH2]c1ccccc1.[Pt][C]1=CC=CC1. The summed E-state index contributed by atoms with van der Waals surface area (Å²) in [6.45, 7) is 4.61. The Bertz CT molecular complexity index is 690. The predicted octanol–water partition coefficient (Wildman–Crippen LogP) is 3.37. The molecule has 1 unspecified atom stereocenters. The predicted molar refractivity (Wildman–Crippen MR) is 104 cm³/mol. The molecule has 1 aromatic rings. The number of nitrogens with zero attached hydrogens (tertiary/aromatic N) is 1. The van der Waals surface area contributed by atoms with Gasteiger partial charge in [-0.2, -0.15) is 0 Å². The average molecular weight is 519 g/mol. The standard InChI is InChI=1S/C16H24NSi.C5H5.Pt/c1-12-11-13(2)16(15(12)17(3,4)5)18-14-9-7-6-8-10-14;1-2-4-5-3-1;/h6-12H,18H2,1-5H3;1-3H,4H2;/q+1;;. The summed E-state index contributed by atoms with van der Waals surface area (Å²) in [5.74, 6) is 0.594. The topological polar surface area (TPSA) is 0 Å². The molecule has 0 aromatic heterocycles. The maximum absolute atomic E-state index is 2.43. The van der Waals surface area contributed by atoms with E-state index in [9.17, 15) is 0 Å². The summed E-state index contributed by atoms with van der Waals surface area (Å²) in [6, 6.07) is 11.0. The van der Waals surface area contributed by atoms with Crippen molar-refractivity contribution in [2.75, 3.05) is 21.1 Å². The number of rotatable bonds is 3. The van der Waals surface area contributed by atoms with Crippen LogP contribution in [0.4, 0.5) is 0 Å². The van der Waals surface area contributed by atoms with Crippen LogP contribution in [0.5, 0.6) is 0 Å². The van der Waals surface area contributed by atoms with E-state index in [1.807, 2.05) is 0 Å². The van der Waals surface area contributed by atoms with E-state index in [1.54, 1.807) is 16.1 Å². The zero-order chi connectivity index (χ0) is 17.7. The maximum atomic E-state index is 2.43. The molecule has 2 aliphatic carbocycles. The third-order valence-electron chi connectivity index (χ3n) is 4.37. The van der Waals surface area contributed by atoms with Crippen LogP contribution in [0.3, 0.4) is 0 Å². The molecule has 0 radical (unpaired) electrons. The third-order valence-corrected chi connectivity index (χ3v) is 7.36. The van der Waals surface area contributed by atoms with Gasteiger partial charge in [-0.15, -0.1) is 0 Å². The van der Waals surface area contributed by atoms with Crippen molar-refractivity contribution >= 4 is 14.7 Å². The first-order valence-corrected chi connectivity index (χ1v) is 11.1. The van der Waals surface area contributed by atoms with Crippen LogP contribution in [-0.4, -0.2) is 35.1 Å². The summed E-state index contributed by atoms with van der Waals surface area (Å²) in [4.78, 5) is 0. The van der Waals surface area contributed by atoms with Crippen molar-refractivity contribution in [2.24, 2.45) is 5.92 Å². The van der Waals surface area contributed by atoms with Crippen molar-refractivity contribution in [3.05, 3.63) is 75.1 Å². The van der Waals surface area contributed by atoms with E-state index < -0.39 is 0 Å². The molecule has 24 heavy (non-hydrogen) atoms. The quantitative estimate of drug-likeness (QED) is 0.425. The Morgan fingerprint density at radius 1 is 1.12 bits per heavy atom. The van der Waals surface area contributed by atoms with Crippen LogP contribution in [0, 0.1) is 5.92 Å². The average Bonchev–Trinajstić information content (AvgIpc) is 3.07. The van der Waals surface area contributed by atoms with Gasteiger partial charge in [0.15, 0.2) is 0 Å². The van der Waals surface area contributed by atoms with E-state index in [-0.39, 0.29) is 9.52 Å². The summed E-state index contributed by atoms with van der Waals surface area (Å²) >= 11 is 2.32. The second-order valence-corrected chi connectivity index (χ2v) is 10.7. The second-order valence-electron chi connectivity index (χ2n) is 7.38. The van der Waals surface area contributed by atoms with E-state index >= 15 is 0 Å². The van der Waals surface area contributed by atoms with E-state index in [2.05, 4.69) is 109 Å². The molecule has 0 aliphatic heterocycles. The Morgan fingerprint density at radius 3 is 2.25 bits per heavy atom. The van der Waals surface area contributed by atoms with Crippen LogP contribution >= 0.6 is 0 Å². The zero-order valence-corrected chi connectivity index (χ0v) is 19.1. The van der Waals surface area contributed by atoms with Gasteiger partial charge in [0.25, 0.3) is 0 Å². The minimum absolute atomic E-state index is 0.346. The molecule has 0 heterocycles. The molecule has 3 rings (SSSR count). The van der Waals surface area contributed by atoms with Gasteiger partial charge < -0.3 is 4.48 Å². The molecule has 0 saturated carbocycles. The fourth-order valence-electron chi connectivity index (χ4n) is 3.49. The van der Waals surface area contributed by atoms with E-state index in [0.717, 1.165) is 10.9 Å². The summed E-state index contributed by atoms with van der Waals surface area (Å²) in [5, 5.41) is 3.21. The molecule has 0 saturated heterocycles. The number of allylic oxidation sites excluding steroid dienone is 7. The molecule has 0 bridgehead atoms. The molecule has 1 nitrogen and oxygen atoms in total. The van der Waals surface area contributed by atoms with E-state index in [4.69, 9.17) is 0 Å². The first kappa shape index (κ1) is 19.4. The van der Waals surface area contributed by atoms with Gasteiger partial charge >= 0.3 is 48.4 Å². The van der Waals surface area contributed by atoms with Gasteiger partial charge in [0, 0.05) is 5.92 Å². The molecule has 131 valence electrons. The van der Waals surface area contributed by atoms with Crippen molar-refractivity contribution in [1.29, 1.82) is 0 Å². The van der Waals surface area contributed by atoms with Gasteiger partial charge in [-0.3, -0.25) is 0 Å². The van der Waals surface area contributed by atoms with Crippen molar-refractivity contribution in [1.82, 2.24) is 0 Å². The molecule has 3 heteroatoms. The van der Waals surface area contributed by atoms with Crippen LogP contribution in [0.1, 0.15) is 20.3 Å². The first-order chi connectivity index (χ1) is 11.3. The zero-order valence-electron chi connectivity index (χ0n) is 15.5. The summed E-state index contributed by atoms with van der Waals surface area (Å²) in [6.07, 6.45) is 9.96. The first-order valence-electron chi connectivity index (χ1n) is 8.55. The van der Waals surface area contributed by atoms with Crippen LogP contribution in [0.2, 0.25) is 0 Å². The van der Waals surface area contributed by atoms with E-state index in [1.165, 1.54) is 9.54 Å². The van der Waals surface area contributed by atoms with Gasteiger partial charge in [-0.1, -0.05) is 41.6 Å². The third kappa shape index (κ3) is 5.27. The van der Waals surface area contributed by atoms with Gasteiger partial charge in [0.2, 0.25) is 0 Å².